The van der Waals surface area contributed by atoms with E-state index >= 15 is 0 Å². The third kappa shape index (κ3) is 2.43. The monoisotopic (exact) mass is 381 g/mol. The van der Waals surface area contributed by atoms with Crippen LogP contribution in [0, 0.1) is 23.7 Å². The lowest BCUT2D eigenvalue weighted by molar-refractivity contribution is -0.123. The van der Waals surface area contributed by atoms with Crippen molar-refractivity contribution in [2.45, 2.75) is 16.2 Å². The van der Waals surface area contributed by atoms with Crippen molar-refractivity contribution in [3.63, 3.8) is 0 Å². The number of carbonyl (C=O) groups excluding carboxylic acids is 2. The third-order valence-electron chi connectivity index (χ3n) is 5.61. The Morgan fingerprint density at radius 2 is 1.31 bits per heavy atom. The molecular formula is C21H16ClNO2S. The zero-order valence-corrected chi connectivity index (χ0v) is 15.4. The van der Waals surface area contributed by atoms with E-state index in [0.717, 1.165) is 16.2 Å². The zero-order chi connectivity index (χ0) is 17.8. The number of nitrogens with zero attached hydrogens (tertiary/aromatic N) is 1. The first-order valence-electron chi connectivity index (χ1n) is 8.71. The fourth-order valence-corrected chi connectivity index (χ4v) is 5.40. The average Bonchev–Trinajstić information content (AvgIpc) is 3.32. The topological polar surface area (TPSA) is 37.4 Å². The van der Waals surface area contributed by atoms with Crippen molar-refractivity contribution in [2.24, 2.45) is 23.7 Å². The molecule has 5 rings (SSSR count). The van der Waals surface area contributed by atoms with E-state index in [4.69, 9.17) is 11.6 Å². The normalized spacial score (nSPS) is 28.9. The van der Waals surface area contributed by atoms with E-state index in [2.05, 4.69) is 12.2 Å². The number of benzene rings is 2. The lowest BCUT2D eigenvalue weighted by atomic mass is 9.85. The maximum atomic E-state index is 12.8. The number of rotatable bonds is 3. The molecule has 0 spiro atoms. The van der Waals surface area contributed by atoms with E-state index in [1.807, 2.05) is 48.5 Å². The van der Waals surface area contributed by atoms with Gasteiger partial charge < -0.3 is 0 Å². The van der Waals surface area contributed by atoms with Crippen LogP contribution >= 0.6 is 23.4 Å². The van der Waals surface area contributed by atoms with Gasteiger partial charge in [0.1, 0.15) is 0 Å². The fourth-order valence-electron chi connectivity index (χ4n) is 4.46. The van der Waals surface area contributed by atoms with E-state index in [9.17, 15) is 9.59 Å². The van der Waals surface area contributed by atoms with Crippen LogP contribution in [0.4, 0.5) is 5.69 Å². The second-order valence-electron chi connectivity index (χ2n) is 7.06. The molecule has 130 valence electrons. The average molecular weight is 382 g/mol. The molecule has 2 bridgehead atoms. The molecule has 0 N–H and O–H groups in total. The maximum absolute atomic E-state index is 12.8. The van der Waals surface area contributed by atoms with Crippen LogP contribution in [0.3, 0.4) is 0 Å². The summed E-state index contributed by atoms with van der Waals surface area (Å²) in [5, 5.41) is 0.713. The van der Waals surface area contributed by atoms with Crippen LogP contribution in [-0.2, 0) is 9.59 Å². The number of carbonyl (C=O) groups is 2. The Morgan fingerprint density at radius 1 is 0.808 bits per heavy atom. The number of hydrogen-bond acceptors (Lipinski definition) is 3. The van der Waals surface area contributed by atoms with Gasteiger partial charge >= 0.3 is 0 Å². The molecule has 4 atom stereocenters. The Hall–Kier alpha value is -2.04. The third-order valence-corrected chi connectivity index (χ3v) is 6.88. The molecule has 2 aliphatic carbocycles. The van der Waals surface area contributed by atoms with Gasteiger partial charge in [0.2, 0.25) is 11.8 Å². The zero-order valence-electron chi connectivity index (χ0n) is 13.8. The standard InChI is InChI=1S/C21H16ClNO2S/c22-14-3-7-16(8-4-14)26-17-9-5-15(6-10-17)23-20(24)18-12-1-2-13(11-12)19(18)21(23)25/h1-10,12-13,18-19H,11H2/t12-,13-,18+,19+/m0/s1. The molecule has 5 heteroatoms. The number of halogens is 1. The van der Waals surface area contributed by atoms with Crippen LogP contribution in [0.25, 0.3) is 0 Å². The van der Waals surface area contributed by atoms with Gasteiger partial charge in [0, 0.05) is 14.8 Å². The first kappa shape index (κ1) is 16.2. The predicted molar refractivity (Wildman–Crippen MR) is 102 cm³/mol. The molecule has 3 nitrogen and oxygen atoms in total. The van der Waals surface area contributed by atoms with Crippen molar-refractivity contribution in [2.75, 3.05) is 4.90 Å². The molecule has 1 saturated carbocycles. The summed E-state index contributed by atoms with van der Waals surface area (Å²) in [6.07, 6.45) is 5.19. The maximum Gasteiger partial charge on any atom is 0.238 e. The molecule has 2 fully saturated rings. The summed E-state index contributed by atoms with van der Waals surface area (Å²) in [7, 11) is 0. The van der Waals surface area contributed by atoms with Crippen molar-refractivity contribution in [1.29, 1.82) is 0 Å². The van der Waals surface area contributed by atoms with Crippen LogP contribution in [0.1, 0.15) is 6.42 Å². The van der Waals surface area contributed by atoms with Crippen LogP contribution in [0.5, 0.6) is 0 Å². The second kappa shape index (κ2) is 6.00. The van der Waals surface area contributed by atoms with Crippen LogP contribution < -0.4 is 4.90 Å². The minimum Gasteiger partial charge on any atom is -0.274 e. The van der Waals surface area contributed by atoms with Gasteiger partial charge in [0.15, 0.2) is 0 Å². The Labute approximate surface area is 161 Å². The van der Waals surface area contributed by atoms with Crippen molar-refractivity contribution in [3.8, 4) is 0 Å². The van der Waals surface area contributed by atoms with Gasteiger partial charge in [-0.2, -0.15) is 0 Å². The van der Waals surface area contributed by atoms with Crippen molar-refractivity contribution >= 4 is 40.9 Å². The minimum atomic E-state index is -0.152. The van der Waals surface area contributed by atoms with Gasteiger partial charge in [0.25, 0.3) is 0 Å². The van der Waals surface area contributed by atoms with Crippen LogP contribution in [0.2, 0.25) is 5.02 Å². The summed E-state index contributed by atoms with van der Waals surface area (Å²) < 4.78 is 0. The lowest BCUT2D eigenvalue weighted by Gasteiger charge is -2.17. The summed E-state index contributed by atoms with van der Waals surface area (Å²) in [6, 6.07) is 15.3. The summed E-state index contributed by atoms with van der Waals surface area (Å²) in [4.78, 5) is 29.2. The van der Waals surface area contributed by atoms with E-state index in [0.29, 0.717) is 10.7 Å². The molecule has 2 amide bonds. The Balaban J connectivity index is 1.37. The molecule has 0 radical (unpaired) electrons. The highest BCUT2D eigenvalue weighted by Crippen LogP contribution is 2.53. The Morgan fingerprint density at radius 3 is 1.85 bits per heavy atom. The van der Waals surface area contributed by atoms with Crippen molar-refractivity contribution < 1.29 is 9.59 Å². The number of imide groups is 1. The Kier molecular flexibility index (Phi) is 3.73. The molecule has 1 saturated heterocycles. The predicted octanol–water partition coefficient (Wildman–Crippen LogP) is 4.80. The van der Waals surface area contributed by atoms with Crippen LogP contribution in [0.15, 0.2) is 70.5 Å². The van der Waals surface area contributed by atoms with E-state index in [1.54, 1.807) is 11.8 Å². The van der Waals surface area contributed by atoms with Gasteiger partial charge in [-0.05, 0) is 66.8 Å². The summed E-state index contributed by atoms with van der Waals surface area (Å²) in [5.41, 5.74) is 0.675. The molecule has 0 aromatic heterocycles. The van der Waals surface area contributed by atoms with Gasteiger partial charge in [-0.15, -0.1) is 0 Å². The quantitative estimate of drug-likeness (QED) is 0.566. The van der Waals surface area contributed by atoms with Gasteiger partial charge in [-0.3, -0.25) is 14.5 Å². The highest BCUT2D eigenvalue weighted by molar-refractivity contribution is 7.99. The largest absolute Gasteiger partial charge is 0.274 e. The van der Waals surface area contributed by atoms with Gasteiger partial charge in [0.05, 0.1) is 17.5 Å². The first-order valence-corrected chi connectivity index (χ1v) is 9.91. The molecule has 1 aliphatic heterocycles. The van der Waals surface area contributed by atoms with Gasteiger partial charge in [-0.25, -0.2) is 0 Å². The first-order chi connectivity index (χ1) is 12.6. The summed E-state index contributed by atoms with van der Waals surface area (Å²) in [6.45, 7) is 0. The van der Waals surface area contributed by atoms with Crippen molar-refractivity contribution in [1.82, 2.24) is 0 Å². The minimum absolute atomic E-state index is 0.0324. The fraction of sp³-hybridized carbons (Fsp3) is 0.238. The van der Waals surface area contributed by atoms with E-state index in [-0.39, 0.29) is 35.5 Å². The number of hydrogen-bond donors (Lipinski definition) is 0. The van der Waals surface area contributed by atoms with Crippen LogP contribution in [-0.4, -0.2) is 11.8 Å². The SMILES string of the molecule is O=C1[C@H]2[C@H](C(=O)N1c1ccc(Sc3ccc(Cl)cc3)cc1)[C@H]1C=C[C@H]2C1. The second-order valence-corrected chi connectivity index (χ2v) is 8.65. The Bertz CT molecular complexity index is 892. The number of fused-ring (bicyclic) bond motifs is 5. The molecule has 2 aromatic rings. The molecule has 1 heterocycles. The number of amides is 2. The smallest absolute Gasteiger partial charge is 0.238 e. The number of anilines is 1. The summed E-state index contributed by atoms with van der Waals surface area (Å²) >= 11 is 7.54. The number of allylic oxidation sites excluding steroid dienone is 2. The lowest BCUT2D eigenvalue weighted by Crippen LogP contribution is -2.32. The van der Waals surface area contributed by atoms with E-state index in [1.165, 1.54) is 4.90 Å². The highest BCUT2D eigenvalue weighted by atomic mass is 35.5. The molecule has 0 unspecified atom stereocenters. The highest BCUT2D eigenvalue weighted by Gasteiger charge is 2.59. The summed E-state index contributed by atoms with van der Waals surface area (Å²) in [5.74, 6) is 0.114. The molecule has 2 aromatic carbocycles. The molecule has 3 aliphatic rings. The van der Waals surface area contributed by atoms with Crippen molar-refractivity contribution in [3.05, 3.63) is 65.7 Å². The molecular weight excluding hydrogens is 366 g/mol. The van der Waals surface area contributed by atoms with E-state index < -0.39 is 0 Å². The van der Waals surface area contributed by atoms with Gasteiger partial charge in [-0.1, -0.05) is 35.5 Å². The molecule has 26 heavy (non-hydrogen) atoms.